The normalized spacial score (nSPS) is 25.0. The molecule has 0 amide bonds. The number of piperidine rings is 1. The molecule has 0 atom stereocenters. The fourth-order valence-corrected chi connectivity index (χ4v) is 2.26. The van der Waals surface area contributed by atoms with E-state index < -0.39 is 11.1 Å². The van der Waals surface area contributed by atoms with Crippen molar-refractivity contribution in [1.29, 1.82) is 0 Å². The molecule has 0 unspecified atom stereocenters. The van der Waals surface area contributed by atoms with Crippen molar-refractivity contribution in [3.05, 3.63) is 0 Å². The summed E-state index contributed by atoms with van der Waals surface area (Å²) in [6.45, 7) is 11.4. The minimum Gasteiger partial charge on any atom is -0.388 e. The van der Waals surface area contributed by atoms with Gasteiger partial charge in [0.05, 0.1) is 17.7 Å². The van der Waals surface area contributed by atoms with Gasteiger partial charge < -0.3 is 5.11 Å². The van der Waals surface area contributed by atoms with Gasteiger partial charge in [-0.25, -0.2) is 0 Å². The van der Waals surface area contributed by atoms with Gasteiger partial charge in [0, 0.05) is 12.0 Å². The van der Waals surface area contributed by atoms with Gasteiger partial charge in [-0.3, -0.25) is 9.63 Å². The Morgan fingerprint density at radius 3 is 2.35 bits per heavy atom. The molecule has 4 heteroatoms. The molecule has 1 saturated heterocycles. The van der Waals surface area contributed by atoms with E-state index in [4.69, 9.17) is 4.84 Å². The SMILES string of the molecule is CC(C)(O)CON1C(C)(C)CCC(=O)C1(C)C. The second-order valence-electron chi connectivity index (χ2n) is 6.67. The quantitative estimate of drug-likeness (QED) is 0.822. The highest BCUT2D eigenvalue weighted by Crippen LogP contribution is 2.36. The van der Waals surface area contributed by atoms with E-state index in [9.17, 15) is 9.90 Å². The Labute approximate surface area is 104 Å². The van der Waals surface area contributed by atoms with Gasteiger partial charge >= 0.3 is 0 Å². The molecule has 0 aromatic rings. The van der Waals surface area contributed by atoms with Crippen LogP contribution in [-0.4, -0.2) is 39.2 Å². The molecule has 0 bridgehead atoms. The zero-order valence-corrected chi connectivity index (χ0v) is 11.8. The summed E-state index contributed by atoms with van der Waals surface area (Å²) < 4.78 is 0. The molecule has 4 nitrogen and oxygen atoms in total. The van der Waals surface area contributed by atoms with Crippen LogP contribution in [0.15, 0.2) is 0 Å². The number of hydrogen-bond acceptors (Lipinski definition) is 4. The first-order valence-electron chi connectivity index (χ1n) is 6.16. The molecule has 1 N–H and O–H groups in total. The molecule has 1 heterocycles. The maximum Gasteiger partial charge on any atom is 0.154 e. The summed E-state index contributed by atoms with van der Waals surface area (Å²) in [5.74, 6) is 0.188. The lowest BCUT2D eigenvalue weighted by Gasteiger charge is -2.50. The van der Waals surface area contributed by atoms with Crippen LogP contribution >= 0.6 is 0 Å². The first-order chi connectivity index (χ1) is 7.47. The van der Waals surface area contributed by atoms with Gasteiger partial charge in [0.1, 0.15) is 0 Å². The standard InChI is InChI=1S/C13H25NO3/c1-11(2)8-7-10(15)13(5,6)14(11)17-9-12(3,4)16/h16H,7-9H2,1-6H3. The number of hydroxylamine groups is 2. The molecular weight excluding hydrogens is 218 g/mol. The highest BCUT2D eigenvalue weighted by molar-refractivity contribution is 5.88. The van der Waals surface area contributed by atoms with Crippen LogP contribution in [0.4, 0.5) is 0 Å². The first-order valence-corrected chi connectivity index (χ1v) is 6.16. The van der Waals surface area contributed by atoms with Gasteiger partial charge in [-0.15, -0.1) is 0 Å². The number of nitrogens with zero attached hydrogens (tertiary/aromatic N) is 1. The average molecular weight is 243 g/mol. The number of hydrogen-bond donors (Lipinski definition) is 1. The molecule has 0 aromatic carbocycles. The molecule has 0 radical (unpaired) electrons. The lowest BCUT2D eigenvalue weighted by molar-refractivity contribution is -0.285. The highest BCUT2D eigenvalue weighted by atomic mass is 16.7. The fraction of sp³-hybridized carbons (Fsp3) is 0.923. The Morgan fingerprint density at radius 2 is 1.88 bits per heavy atom. The molecule has 0 aliphatic carbocycles. The van der Waals surface area contributed by atoms with Crippen LogP contribution in [0.1, 0.15) is 54.4 Å². The molecule has 1 rings (SSSR count). The van der Waals surface area contributed by atoms with E-state index in [2.05, 4.69) is 13.8 Å². The summed E-state index contributed by atoms with van der Waals surface area (Å²) >= 11 is 0. The molecular formula is C13H25NO3. The second-order valence-corrected chi connectivity index (χ2v) is 6.67. The molecule has 17 heavy (non-hydrogen) atoms. The van der Waals surface area contributed by atoms with Crippen molar-refractivity contribution in [3.8, 4) is 0 Å². The van der Waals surface area contributed by atoms with Gasteiger partial charge in [-0.1, -0.05) is 0 Å². The third-order valence-corrected chi connectivity index (χ3v) is 3.25. The van der Waals surface area contributed by atoms with E-state index in [1.54, 1.807) is 18.9 Å². The predicted octanol–water partition coefficient (Wildman–Crippen LogP) is 1.91. The largest absolute Gasteiger partial charge is 0.388 e. The van der Waals surface area contributed by atoms with Crippen LogP contribution in [0, 0.1) is 0 Å². The van der Waals surface area contributed by atoms with Crippen LogP contribution in [0.25, 0.3) is 0 Å². The first kappa shape index (κ1) is 14.6. The van der Waals surface area contributed by atoms with Crippen molar-refractivity contribution in [1.82, 2.24) is 5.06 Å². The number of aliphatic hydroxyl groups is 1. The Hall–Kier alpha value is -0.450. The van der Waals surface area contributed by atoms with Crippen LogP contribution < -0.4 is 0 Å². The monoisotopic (exact) mass is 243 g/mol. The molecule has 100 valence electrons. The summed E-state index contributed by atoms with van der Waals surface area (Å²) in [6.07, 6.45) is 1.36. The molecule has 1 aliphatic rings. The van der Waals surface area contributed by atoms with Crippen molar-refractivity contribution >= 4 is 5.78 Å². The van der Waals surface area contributed by atoms with E-state index in [1.165, 1.54) is 0 Å². The molecule has 1 fully saturated rings. The van der Waals surface area contributed by atoms with Gasteiger partial charge in [0.25, 0.3) is 0 Å². The Balaban J connectivity index is 2.86. The zero-order valence-electron chi connectivity index (χ0n) is 11.8. The van der Waals surface area contributed by atoms with E-state index in [0.29, 0.717) is 6.42 Å². The number of carbonyl (C=O) groups is 1. The summed E-state index contributed by atoms with van der Waals surface area (Å²) in [5, 5.41) is 11.5. The van der Waals surface area contributed by atoms with Crippen LogP contribution in [0.5, 0.6) is 0 Å². The van der Waals surface area contributed by atoms with E-state index in [1.807, 2.05) is 13.8 Å². The number of rotatable bonds is 3. The summed E-state index contributed by atoms with van der Waals surface area (Å²) in [4.78, 5) is 17.7. The van der Waals surface area contributed by atoms with Crippen molar-refractivity contribution in [3.63, 3.8) is 0 Å². The second kappa shape index (κ2) is 4.34. The van der Waals surface area contributed by atoms with Crippen LogP contribution in [0.2, 0.25) is 0 Å². The average Bonchev–Trinajstić information content (AvgIpc) is 2.09. The molecule has 0 spiro atoms. The Morgan fingerprint density at radius 1 is 1.35 bits per heavy atom. The summed E-state index contributed by atoms with van der Waals surface area (Å²) in [5.41, 5.74) is -1.72. The fourth-order valence-electron chi connectivity index (χ4n) is 2.26. The van der Waals surface area contributed by atoms with Crippen molar-refractivity contribution < 1.29 is 14.7 Å². The minimum absolute atomic E-state index is 0.188. The molecule has 1 aliphatic heterocycles. The van der Waals surface area contributed by atoms with Crippen molar-refractivity contribution in [2.24, 2.45) is 0 Å². The minimum atomic E-state index is -0.896. The van der Waals surface area contributed by atoms with Crippen LogP contribution in [-0.2, 0) is 9.63 Å². The molecule has 0 aromatic heterocycles. The Kier molecular flexibility index (Phi) is 3.73. The number of Topliss-reactive ketones (excluding diaryl/α,β-unsaturated/α-hetero) is 1. The van der Waals surface area contributed by atoms with E-state index >= 15 is 0 Å². The van der Waals surface area contributed by atoms with Gasteiger partial charge in [0.2, 0.25) is 0 Å². The third kappa shape index (κ3) is 3.27. The maximum atomic E-state index is 12.0. The van der Waals surface area contributed by atoms with E-state index in [0.717, 1.165) is 6.42 Å². The zero-order chi connectivity index (χ0) is 13.5. The van der Waals surface area contributed by atoms with E-state index in [-0.39, 0.29) is 17.9 Å². The van der Waals surface area contributed by atoms with Crippen LogP contribution in [0.3, 0.4) is 0 Å². The highest BCUT2D eigenvalue weighted by Gasteiger charge is 2.48. The smallest absolute Gasteiger partial charge is 0.154 e. The topological polar surface area (TPSA) is 49.8 Å². The van der Waals surface area contributed by atoms with Gasteiger partial charge in [-0.2, -0.15) is 5.06 Å². The number of ketones is 1. The predicted molar refractivity (Wildman–Crippen MR) is 66.5 cm³/mol. The molecule has 0 saturated carbocycles. The number of carbonyl (C=O) groups excluding carboxylic acids is 1. The van der Waals surface area contributed by atoms with Gasteiger partial charge in [0.15, 0.2) is 5.78 Å². The van der Waals surface area contributed by atoms with Crippen molar-refractivity contribution in [2.45, 2.75) is 71.1 Å². The Bertz CT molecular complexity index is 302. The lowest BCUT2D eigenvalue weighted by atomic mass is 9.81. The van der Waals surface area contributed by atoms with Gasteiger partial charge in [-0.05, 0) is 48.0 Å². The maximum absolute atomic E-state index is 12.0. The lowest BCUT2D eigenvalue weighted by Crippen LogP contribution is -2.63. The third-order valence-electron chi connectivity index (χ3n) is 3.25. The summed E-state index contributed by atoms with van der Waals surface area (Å²) in [7, 11) is 0. The summed E-state index contributed by atoms with van der Waals surface area (Å²) in [6, 6.07) is 0. The van der Waals surface area contributed by atoms with Crippen molar-refractivity contribution in [2.75, 3.05) is 6.61 Å².